The van der Waals surface area contributed by atoms with E-state index in [2.05, 4.69) is 20.8 Å². The number of amides is 4. The highest BCUT2D eigenvalue weighted by Gasteiger charge is 2.48. The second-order valence-electron chi connectivity index (χ2n) is 8.51. The van der Waals surface area contributed by atoms with Crippen molar-refractivity contribution in [3.8, 4) is 0 Å². The van der Waals surface area contributed by atoms with Gasteiger partial charge in [0.05, 0.1) is 12.6 Å². The molecule has 2 unspecified atom stereocenters. The molecule has 1 saturated heterocycles. The maximum atomic E-state index is 12.4. The molecule has 3 rings (SSSR count). The number of rotatable bonds is 5. The average molecular weight is 425 g/mol. The quantitative estimate of drug-likeness (QED) is 0.637. The van der Waals surface area contributed by atoms with Gasteiger partial charge in [-0.1, -0.05) is 0 Å². The van der Waals surface area contributed by atoms with Crippen LogP contribution in [-0.2, 0) is 15.0 Å². The highest BCUT2D eigenvalue weighted by molar-refractivity contribution is 5.89. The minimum Gasteiger partial charge on any atom is -0.446 e. The standard InChI is InChI=1S/C18H27N5O7/c1-10(8-24)19-14(25)20-18(6-5-7-18)13-22-21-12(29-13)11-9-28-15(26)23(11)16(27)30-17(2,3)4/h10-11,24H,5-9H2,1-4H3,(H2,19,20,25). The fourth-order valence-electron chi connectivity index (χ4n) is 3.12. The number of cyclic esters (lactones) is 1. The molecule has 166 valence electrons. The molecule has 12 heteroatoms. The maximum Gasteiger partial charge on any atom is 0.420 e. The van der Waals surface area contributed by atoms with Crippen molar-refractivity contribution >= 4 is 18.2 Å². The number of ether oxygens (including phenoxy) is 2. The van der Waals surface area contributed by atoms with Gasteiger partial charge in [0.1, 0.15) is 17.7 Å². The first-order chi connectivity index (χ1) is 14.0. The molecular weight excluding hydrogens is 398 g/mol. The number of nitrogens with one attached hydrogen (secondary N) is 2. The highest BCUT2D eigenvalue weighted by atomic mass is 16.6. The molecule has 1 aromatic rings. The molecule has 0 spiro atoms. The van der Waals surface area contributed by atoms with E-state index >= 15 is 0 Å². The number of aromatic nitrogens is 2. The van der Waals surface area contributed by atoms with Gasteiger partial charge >= 0.3 is 18.2 Å². The first-order valence-electron chi connectivity index (χ1n) is 9.77. The van der Waals surface area contributed by atoms with Gasteiger partial charge < -0.3 is 29.6 Å². The summed E-state index contributed by atoms with van der Waals surface area (Å²) in [7, 11) is 0. The van der Waals surface area contributed by atoms with E-state index < -0.39 is 41.4 Å². The summed E-state index contributed by atoms with van der Waals surface area (Å²) in [5.41, 5.74) is -1.64. The predicted octanol–water partition coefficient (Wildman–Crippen LogP) is 1.56. The third-order valence-corrected chi connectivity index (χ3v) is 4.81. The molecule has 4 amide bonds. The number of aliphatic hydroxyl groups is 1. The van der Waals surface area contributed by atoms with Gasteiger partial charge in [0, 0.05) is 0 Å². The normalized spacial score (nSPS) is 21.4. The summed E-state index contributed by atoms with van der Waals surface area (Å²) in [6.07, 6.45) is 0.297. The number of hydrogen-bond acceptors (Lipinski definition) is 9. The number of imide groups is 1. The molecule has 1 saturated carbocycles. The lowest BCUT2D eigenvalue weighted by atomic mass is 9.76. The minimum atomic E-state index is -0.922. The van der Waals surface area contributed by atoms with E-state index in [1.165, 1.54) is 0 Å². The number of urea groups is 1. The Balaban J connectivity index is 1.76. The lowest BCUT2D eigenvalue weighted by Gasteiger charge is -2.39. The van der Waals surface area contributed by atoms with Gasteiger partial charge in [0.2, 0.25) is 11.8 Å². The second kappa shape index (κ2) is 8.09. The number of nitrogens with zero attached hydrogens (tertiary/aromatic N) is 3. The van der Waals surface area contributed by atoms with Crippen molar-refractivity contribution < 1.29 is 33.4 Å². The van der Waals surface area contributed by atoms with Crippen LogP contribution in [0.25, 0.3) is 0 Å². The Morgan fingerprint density at radius 3 is 2.63 bits per heavy atom. The van der Waals surface area contributed by atoms with Gasteiger partial charge in [-0.2, -0.15) is 4.90 Å². The summed E-state index contributed by atoms with van der Waals surface area (Å²) >= 11 is 0. The van der Waals surface area contributed by atoms with E-state index in [9.17, 15) is 14.4 Å². The Labute approximate surface area is 173 Å². The van der Waals surface area contributed by atoms with Crippen LogP contribution in [0.1, 0.15) is 64.8 Å². The van der Waals surface area contributed by atoms with Gasteiger partial charge in [-0.15, -0.1) is 10.2 Å². The van der Waals surface area contributed by atoms with Crippen LogP contribution in [0.5, 0.6) is 0 Å². The maximum absolute atomic E-state index is 12.4. The number of carbonyl (C=O) groups excluding carboxylic acids is 3. The Hall–Kier alpha value is -2.89. The van der Waals surface area contributed by atoms with Gasteiger partial charge in [-0.3, -0.25) is 0 Å². The zero-order chi connectivity index (χ0) is 22.1. The zero-order valence-corrected chi connectivity index (χ0v) is 17.4. The summed E-state index contributed by atoms with van der Waals surface area (Å²) in [6, 6.07) is -1.80. The van der Waals surface area contributed by atoms with E-state index in [-0.39, 0.29) is 25.0 Å². The molecule has 12 nitrogen and oxygen atoms in total. The largest absolute Gasteiger partial charge is 0.446 e. The van der Waals surface area contributed by atoms with Crippen molar-refractivity contribution in [2.75, 3.05) is 13.2 Å². The molecule has 30 heavy (non-hydrogen) atoms. The summed E-state index contributed by atoms with van der Waals surface area (Å²) in [5.74, 6) is 0.193. The molecule has 1 aliphatic heterocycles. The van der Waals surface area contributed by atoms with Crippen molar-refractivity contribution in [3.05, 3.63) is 11.8 Å². The summed E-state index contributed by atoms with van der Waals surface area (Å²) < 4.78 is 16.0. The van der Waals surface area contributed by atoms with Gasteiger partial charge in [0.15, 0.2) is 6.04 Å². The van der Waals surface area contributed by atoms with Crippen molar-refractivity contribution in [3.63, 3.8) is 0 Å². The van der Waals surface area contributed by atoms with E-state index in [0.717, 1.165) is 11.3 Å². The van der Waals surface area contributed by atoms with Gasteiger partial charge in [0.25, 0.3) is 0 Å². The molecule has 2 atom stereocenters. The SMILES string of the molecule is CC(CO)NC(=O)NC1(c2nnc(C3COC(=O)N3C(=O)OC(C)(C)C)o2)CCC1. The first kappa shape index (κ1) is 21.8. The molecule has 1 aliphatic carbocycles. The van der Waals surface area contributed by atoms with Crippen LogP contribution >= 0.6 is 0 Å². The highest BCUT2D eigenvalue weighted by Crippen LogP contribution is 2.41. The molecule has 2 aliphatic rings. The Morgan fingerprint density at radius 2 is 2.07 bits per heavy atom. The predicted molar refractivity (Wildman–Crippen MR) is 100 cm³/mol. The molecular formula is C18H27N5O7. The smallest absolute Gasteiger partial charge is 0.420 e. The fraction of sp³-hybridized carbons (Fsp3) is 0.722. The summed E-state index contributed by atoms with van der Waals surface area (Å²) in [4.78, 5) is 37.5. The Bertz CT molecular complexity index is 814. The second-order valence-corrected chi connectivity index (χ2v) is 8.51. The van der Waals surface area contributed by atoms with Crippen molar-refractivity contribution in [1.82, 2.24) is 25.7 Å². The van der Waals surface area contributed by atoms with Crippen LogP contribution in [0.3, 0.4) is 0 Å². The van der Waals surface area contributed by atoms with Crippen LogP contribution in [0.15, 0.2) is 4.42 Å². The van der Waals surface area contributed by atoms with Crippen molar-refractivity contribution in [2.45, 2.75) is 70.2 Å². The lowest BCUT2D eigenvalue weighted by Crippen LogP contribution is -2.55. The van der Waals surface area contributed by atoms with Crippen molar-refractivity contribution in [2.24, 2.45) is 0 Å². The van der Waals surface area contributed by atoms with Crippen LogP contribution in [0.2, 0.25) is 0 Å². The molecule has 0 aromatic carbocycles. The number of aliphatic hydroxyl groups excluding tert-OH is 1. The van der Waals surface area contributed by atoms with Crippen LogP contribution < -0.4 is 10.6 Å². The molecule has 0 radical (unpaired) electrons. The molecule has 3 N–H and O–H groups in total. The topological polar surface area (TPSA) is 156 Å². The van der Waals surface area contributed by atoms with Gasteiger partial charge in [-0.25, -0.2) is 14.4 Å². The Morgan fingerprint density at radius 1 is 1.37 bits per heavy atom. The molecule has 0 bridgehead atoms. The van der Waals surface area contributed by atoms with Crippen molar-refractivity contribution in [1.29, 1.82) is 0 Å². The number of carbonyl (C=O) groups is 3. The average Bonchev–Trinajstić information content (AvgIpc) is 3.23. The zero-order valence-electron chi connectivity index (χ0n) is 17.4. The van der Waals surface area contributed by atoms with Crippen LogP contribution in [-0.4, -0.2) is 63.3 Å². The third kappa shape index (κ3) is 4.48. The fourth-order valence-corrected chi connectivity index (χ4v) is 3.12. The third-order valence-electron chi connectivity index (χ3n) is 4.81. The van der Waals surface area contributed by atoms with Gasteiger partial charge in [-0.05, 0) is 47.0 Å². The molecule has 2 heterocycles. The first-order valence-corrected chi connectivity index (χ1v) is 9.77. The molecule has 2 fully saturated rings. The summed E-state index contributed by atoms with van der Waals surface area (Å²) in [6.45, 7) is 6.37. The Kier molecular flexibility index (Phi) is 5.88. The van der Waals surface area contributed by atoms with E-state index in [4.69, 9.17) is 19.0 Å². The van der Waals surface area contributed by atoms with E-state index in [0.29, 0.717) is 12.8 Å². The van der Waals surface area contributed by atoms with E-state index in [1.54, 1.807) is 27.7 Å². The van der Waals surface area contributed by atoms with Crippen LogP contribution in [0.4, 0.5) is 14.4 Å². The lowest BCUT2D eigenvalue weighted by molar-refractivity contribution is 0.0273. The molecule has 1 aromatic heterocycles. The minimum absolute atomic E-state index is 0.0129. The monoisotopic (exact) mass is 425 g/mol. The van der Waals surface area contributed by atoms with E-state index in [1.807, 2.05) is 0 Å². The number of hydrogen-bond donors (Lipinski definition) is 3. The van der Waals surface area contributed by atoms with Crippen LogP contribution in [0, 0.1) is 0 Å². The summed E-state index contributed by atoms with van der Waals surface area (Å²) in [5, 5.41) is 22.6.